The van der Waals surface area contributed by atoms with Gasteiger partial charge in [-0.1, -0.05) is 30.3 Å². The first-order valence-electron chi connectivity index (χ1n) is 5.34. The summed E-state index contributed by atoms with van der Waals surface area (Å²) in [6.07, 6.45) is 1.84. The topological polar surface area (TPSA) is 46.6 Å². The molecule has 1 heterocycles. The van der Waals surface area contributed by atoms with Crippen molar-refractivity contribution in [2.45, 2.75) is 6.04 Å². The Kier molecular flexibility index (Phi) is 3.22. The van der Waals surface area contributed by atoms with Gasteiger partial charge in [0.25, 0.3) is 0 Å². The summed E-state index contributed by atoms with van der Waals surface area (Å²) < 4.78 is 28.4. The summed E-state index contributed by atoms with van der Waals surface area (Å²) in [5, 5.41) is 0. The molecule has 0 spiro atoms. The van der Waals surface area contributed by atoms with Crippen LogP contribution in [0.5, 0.6) is 0 Å². The van der Waals surface area contributed by atoms with Crippen molar-refractivity contribution in [1.29, 1.82) is 0 Å². The van der Waals surface area contributed by atoms with Crippen LogP contribution in [-0.4, -0.2) is 39.2 Å². The molecule has 2 rings (SSSR count). The number of rotatable bonds is 2. The number of hydrogen-bond donors (Lipinski definition) is 0. The zero-order valence-corrected chi connectivity index (χ0v) is 10.6. The minimum absolute atomic E-state index is 0.00364. The Morgan fingerprint density at radius 2 is 1.88 bits per heavy atom. The van der Waals surface area contributed by atoms with Crippen molar-refractivity contribution in [3.63, 3.8) is 0 Å². The molecule has 0 aliphatic carbocycles. The van der Waals surface area contributed by atoms with E-state index in [0.29, 0.717) is 5.76 Å². The van der Waals surface area contributed by atoms with Crippen molar-refractivity contribution in [3.05, 3.63) is 42.0 Å². The summed E-state index contributed by atoms with van der Waals surface area (Å²) in [5.41, 5.74) is 0.780. The highest BCUT2D eigenvalue weighted by atomic mass is 32.2. The Bertz CT molecular complexity index is 520. The van der Waals surface area contributed by atoms with Crippen molar-refractivity contribution in [1.82, 2.24) is 4.90 Å². The Morgan fingerprint density at radius 1 is 1.24 bits per heavy atom. The SMILES string of the molecule is CN(C)[C@@H]1C=C(c2ccccc2)OS(=O)(=O)C1. The second-order valence-corrected chi connectivity index (χ2v) is 5.85. The van der Waals surface area contributed by atoms with Gasteiger partial charge in [-0.15, -0.1) is 0 Å². The highest BCUT2D eigenvalue weighted by Crippen LogP contribution is 2.25. The molecule has 1 aliphatic rings. The average Bonchev–Trinajstić information content (AvgIpc) is 2.28. The summed E-state index contributed by atoms with van der Waals surface area (Å²) in [6, 6.07) is 9.10. The number of likely N-dealkylation sites (N-methyl/N-ethyl adjacent to an activating group) is 1. The zero-order chi connectivity index (χ0) is 12.5. The summed E-state index contributed by atoms with van der Waals surface area (Å²) in [7, 11) is 0.219. The molecule has 0 fully saturated rings. The molecule has 0 saturated heterocycles. The molecule has 4 nitrogen and oxygen atoms in total. The maximum Gasteiger partial charge on any atom is 0.311 e. The zero-order valence-electron chi connectivity index (χ0n) is 9.83. The van der Waals surface area contributed by atoms with Crippen LogP contribution in [0, 0.1) is 0 Å². The van der Waals surface area contributed by atoms with Gasteiger partial charge in [-0.3, -0.25) is 0 Å². The monoisotopic (exact) mass is 253 g/mol. The third-order valence-corrected chi connectivity index (χ3v) is 3.84. The number of hydrogen-bond acceptors (Lipinski definition) is 4. The molecule has 92 valence electrons. The van der Waals surface area contributed by atoms with Gasteiger partial charge in [0.1, 0.15) is 11.5 Å². The molecule has 0 N–H and O–H groups in total. The molecule has 0 aromatic heterocycles. The standard InChI is InChI=1S/C12H15NO3S/c1-13(2)11-8-12(16-17(14,15)9-11)10-6-4-3-5-7-10/h3-8,11H,9H2,1-2H3/t11-/m1/s1. The van der Waals surface area contributed by atoms with Crippen LogP contribution in [0.15, 0.2) is 36.4 Å². The van der Waals surface area contributed by atoms with Crippen LogP contribution in [0.1, 0.15) is 5.56 Å². The van der Waals surface area contributed by atoms with Crippen LogP contribution in [0.4, 0.5) is 0 Å². The van der Waals surface area contributed by atoms with Crippen LogP contribution < -0.4 is 0 Å². The van der Waals surface area contributed by atoms with E-state index in [-0.39, 0.29) is 11.8 Å². The van der Waals surface area contributed by atoms with E-state index < -0.39 is 10.1 Å². The largest absolute Gasteiger partial charge is 0.382 e. The van der Waals surface area contributed by atoms with E-state index in [1.165, 1.54) is 0 Å². The minimum Gasteiger partial charge on any atom is -0.382 e. The first-order chi connectivity index (χ1) is 7.98. The van der Waals surface area contributed by atoms with Gasteiger partial charge in [0.05, 0.1) is 0 Å². The van der Waals surface area contributed by atoms with Gasteiger partial charge in [0, 0.05) is 11.6 Å². The van der Waals surface area contributed by atoms with Crippen molar-refractivity contribution >= 4 is 15.9 Å². The van der Waals surface area contributed by atoms with Gasteiger partial charge in [0.15, 0.2) is 0 Å². The molecule has 0 saturated carbocycles. The second-order valence-electron chi connectivity index (χ2n) is 4.24. The Labute approximate surface area is 102 Å². The fraction of sp³-hybridized carbons (Fsp3) is 0.333. The normalized spacial score (nSPS) is 23.0. The number of nitrogens with zero attached hydrogens (tertiary/aromatic N) is 1. The van der Waals surface area contributed by atoms with Crippen molar-refractivity contribution in [2.24, 2.45) is 0 Å². The van der Waals surface area contributed by atoms with E-state index >= 15 is 0 Å². The van der Waals surface area contributed by atoms with E-state index in [4.69, 9.17) is 4.18 Å². The minimum atomic E-state index is -3.48. The predicted octanol–water partition coefficient (Wildman–Crippen LogP) is 1.32. The Morgan fingerprint density at radius 3 is 2.47 bits per heavy atom. The van der Waals surface area contributed by atoms with E-state index in [0.717, 1.165) is 5.56 Å². The molecule has 0 unspecified atom stereocenters. The predicted molar refractivity (Wildman–Crippen MR) is 66.8 cm³/mol. The molecule has 17 heavy (non-hydrogen) atoms. The lowest BCUT2D eigenvalue weighted by molar-refractivity contribution is 0.341. The first kappa shape index (κ1) is 12.1. The summed E-state index contributed by atoms with van der Waals surface area (Å²) in [6.45, 7) is 0. The lowest BCUT2D eigenvalue weighted by atomic mass is 10.1. The summed E-state index contributed by atoms with van der Waals surface area (Å²) >= 11 is 0. The third kappa shape index (κ3) is 2.87. The maximum atomic E-state index is 11.7. The number of benzene rings is 1. The fourth-order valence-electron chi connectivity index (χ4n) is 1.68. The van der Waals surface area contributed by atoms with Crippen LogP contribution in [0.3, 0.4) is 0 Å². The quantitative estimate of drug-likeness (QED) is 0.746. The fourth-order valence-corrected chi connectivity index (χ4v) is 2.98. The molecule has 1 aromatic carbocycles. The van der Waals surface area contributed by atoms with Crippen molar-refractivity contribution in [2.75, 3.05) is 19.8 Å². The highest BCUT2D eigenvalue weighted by Gasteiger charge is 2.28. The van der Waals surface area contributed by atoms with Crippen molar-refractivity contribution < 1.29 is 12.6 Å². The summed E-state index contributed by atoms with van der Waals surface area (Å²) in [4.78, 5) is 1.86. The van der Waals surface area contributed by atoms with E-state index in [1.54, 1.807) is 0 Å². The van der Waals surface area contributed by atoms with Gasteiger partial charge in [-0.25, -0.2) is 0 Å². The molecule has 0 bridgehead atoms. The Hall–Kier alpha value is -1.33. The average molecular weight is 253 g/mol. The van der Waals surface area contributed by atoms with Crippen LogP contribution in [-0.2, 0) is 14.3 Å². The lowest BCUT2D eigenvalue weighted by Crippen LogP contribution is -2.36. The first-order valence-corrected chi connectivity index (χ1v) is 6.91. The van der Waals surface area contributed by atoms with Gasteiger partial charge < -0.3 is 9.08 Å². The summed E-state index contributed by atoms with van der Waals surface area (Å²) in [5.74, 6) is 0.409. The van der Waals surface area contributed by atoms with Crippen molar-refractivity contribution in [3.8, 4) is 0 Å². The second kappa shape index (κ2) is 4.50. The molecule has 0 radical (unpaired) electrons. The van der Waals surface area contributed by atoms with Gasteiger partial charge in [0.2, 0.25) is 0 Å². The smallest absolute Gasteiger partial charge is 0.311 e. The lowest BCUT2D eigenvalue weighted by Gasteiger charge is -2.26. The molecule has 1 atom stereocenters. The van der Waals surface area contributed by atoms with Gasteiger partial charge >= 0.3 is 10.1 Å². The van der Waals surface area contributed by atoms with E-state index in [2.05, 4.69) is 0 Å². The van der Waals surface area contributed by atoms with Crippen LogP contribution in [0.2, 0.25) is 0 Å². The highest BCUT2D eigenvalue weighted by molar-refractivity contribution is 7.87. The molecule has 0 amide bonds. The Balaban J connectivity index is 2.39. The molecular formula is C12H15NO3S. The third-order valence-electron chi connectivity index (χ3n) is 2.66. The van der Waals surface area contributed by atoms with Crippen LogP contribution >= 0.6 is 0 Å². The van der Waals surface area contributed by atoms with E-state index in [1.807, 2.05) is 55.4 Å². The molecule has 1 aliphatic heterocycles. The molecule has 5 heteroatoms. The van der Waals surface area contributed by atoms with E-state index in [9.17, 15) is 8.42 Å². The van der Waals surface area contributed by atoms with Crippen LogP contribution in [0.25, 0.3) is 5.76 Å². The maximum absolute atomic E-state index is 11.7. The molecule has 1 aromatic rings. The van der Waals surface area contributed by atoms with Gasteiger partial charge in [-0.05, 0) is 20.2 Å². The molecular weight excluding hydrogens is 238 g/mol. The van der Waals surface area contributed by atoms with Gasteiger partial charge in [-0.2, -0.15) is 8.42 Å².